The fourth-order valence-corrected chi connectivity index (χ4v) is 2.37. The molecule has 3 N–H and O–H groups in total. The molecule has 0 aliphatic heterocycles. The molecule has 108 valence electrons. The van der Waals surface area contributed by atoms with Crippen molar-refractivity contribution in [3.8, 4) is 0 Å². The van der Waals surface area contributed by atoms with Crippen molar-refractivity contribution in [3.63, 3.8) is 0 Å². The van der Waals surface area contributed by atoms with Gasteiger partial charge in [-0.2, -0.15) is 5.10 Å². The maximum Gasteiger partial charge on any atom is 0.206 e. The fraction of sp³-hybridized carbons (Fsp3) is 0.417. The summed E-state index contributed by atoms with van der Waals surface area (Å²) in [6, 6.07) is 0. The Morgan fingerprint density at radius 1 is 1.50 bits per heavy atom. The van der Waals surface area contributed by atoms with Crippen molar-refractivity contribution < 1.29 is 5.21 Å². The van der Waals surface area contributed by atoms with Crippen molar-refractivity contribution in [2.75, 3.05) is 0 Å². The second-order valence-electron chi connectivity index (χ2n) is 4.24. The first-order valence-electron chi connectivity index (χ1n) is 6.35. The minimum atomic E-state index is -0.0376. The van der Waals surface area contributed by atoms with Crippen LogP contribution in [0.1, 0.15) is 31.1 Å². The first-order valence-corrected chi connectivity index (χ1v) is 6.73. The molecule has 0 amide bonds. The second-order valence-corrected chi connectivity index (χ2v) is 4.62. The lowest BCUT2D eigenvalue weighted by Gasteiger charge is -2.09. The van der Waals surface area contributed by atoms with Crippen LogP contribution in [0.15, 0.2) is 17.5 Å². The van der Waals surface area contributed by atoms with Gasteiger partial charge in [0, 0.05) is 18.9 Å². The monoisotopic (exact) mass is 296 g/mol. The van der Waals surface area contributed by atoms with Gasteiger partial charge in [-0.3, -0.25) is 4.68 Å². The van der Waals surface area contributed by atoms with Crippen LogP contribution < -0.4 is 5.73 Å². The third-order valence-corrected chi connectivity index (χ3v) is 3.50. The summed E-state index contributed by atoms with van der Waals surface area (Å²) < 4.78 is 3.63. The lowest BCUT2D eigenvalue weighted by molar-refractivity contribution is 0.318. The van der Waals surface area contributed by atoms with Gasteiger partial charge < -0.3 is 15.5 Å². The molecule has 7 nitrogen and oxygen atoms in total. The van der Waals surface area contributed by atoms with Crippen LogP contribution in [0.5, 0.6) is 0 Å². The van der Waals surface area contributed by atoms with Gasteiger partial charge in [-0.1, -0.05) is 23.7 Å². The highest BCUT2D eigenvalue weighted by Crippen LogP contribution is 2.22. The van der Waals surface area contributed by atoms with Gasteiger partial charge in [-0.05, 0) is 13.3 Å². The normalized spacial score (nSPS) is 12.1. The first-order chi connectivity index (χ1) is 9.62. The van der Waals surface area contributed by atoms with E-state index in [0.29, 0.717) is 17.4 Å². The fourth-order valence-electron chi connectivity index (χ4n) is 2.04. The standard InChI is InChI=1S/C12H17ClN6O/c1-3-8-10(13)9(19(4-2)16-8)7-18-6-5-15-12(18)11(14)17-20/h5-6,20H,3-4,7H2,1-2H3,(H2,14,17). The molecule has 2 aromatic heterocycles. The number of aromatic nitrogens is 4. The van der Waals surface area contributed by atoms with Gasteiger partial charge in [-0.15, -0.1) is 0 Å². The van der Waals surface area contributed by atoms with E-state index in [-0.39, 0.29) is 5.84 Å². The van der Waals surface area contributed by atoms with Crippen molar-refractivity contribution in [2.45, 2.75) is 33.4 Å². The number of rotatable bonds is 5. The molecule has 2 rings (SSSR count). The maximum absolute atomic E-state index is 8.76. The quantitative estimate of drug-likeness (QED) is 0.378. The molecule has 0 spiro atoms. The van der Waals surface area contributed by atoms with E-state index in [1.54, 1.807) is 17.0 Å². The Kier molecular flexibility index (Phi) is 4.29. The van der Waals surface area contributed by atoms with Crippen molar-refractivity contribution in [1.82, 2.24) is 19.3 Å². The Hall–Kier alpha value is -2.02. The van der Waals surface area contributed by atoms with Gasteiger partial charge in [-0.25, -0.2) is 4.98 Å². The van der Waals surface area contributed by atoms with Crippen LogP contribution in [0.4, 0.5) is 0 Å². The van der Waals surface area contributed by atoms with Gasteiger partial charge in [0.05, 0.1) is 23.0 Å². The molecule has 0 atom stereocenters. The van der Waals surface area contributed by atoms with Crippen LogP contribution in [0.3, 0.4) is 0 Å². The van der Waals surface area contributed by atoms with Crippen molar-refractivity contribution in [1.29, 1.82) is 0 Å². The third kappa shape index (κ3) is 2.49. The third-order valence-electron chi connectivity index (χ3n) is 3.07. The van der Waals surface area contributed by atoms with Crippen LogP contribution in [-0.2, 0) is 19.5 Å². The molecule has 20 heavy (non-hydrogen) atoms. The molecule has 0 aliphatic carbocycles. The summed E-state index contributed by atoms with van der Waals surface area (Å²) in [6.45, 7) is 5.20. The van der Waals surface area contributed by atoms with E-state index in [4.69, 9.17) is 22.5 Å². The Morgan fingerprint density at radius 2 is 2.25 bits per heavy atom. The highest BCUT2D eigenvalue weighted by molar-refractivity contribution is 6.31. The average Bonchev–Trinajstić information content (AvgIpc) is 3.04. The van der Waals surface area contributed by atoms with Crippen molar-refractivity contribution in [3.05, 3.63) is 34.6 Å². The molecule has 8 heteroatoms. The highest BCUT2D eigenvalue weighted by atomic mass is 35.5. The summed E-state index contributed by atoms with van der Waals surface area (Å²) >= 11 is 6.36. The SMILES string of the molecule is CCc1nn(CC)c(Cn2ccnc2/C(N)=N/O)c1Cl. The molecule has 0 aromatic carbocycles. The largest absolute Gasteiger partial charge is 0.409 e. The van der Waals surface area contributed by atoms with E-state index in [2.05, 4.69) is 15.2 Å². The van der Waals surface area contributed by atoms with Gasteiger partial charge in [0.1, 0.15) is 0 Å². The van der Waals surface area contributed by atoms with Crippen LogP contribution in [0.25, 0.3) is 0 Å². The number of oxime groups is 1. The van der Waals surface area contributed by atoms with Gasteiger partial charge in [0.2, 0.25) is 5.84 Å². The summed E-state index contributed by atoms with van der Waals surface area (Å²) in [5.74, 6) is 0.356. The minimum Gasteiger partial charge on any atom is -0.409 e. The van der Waals surface area contributed by atoms with E-state index in [1.165, 1.54) is 0 Å². The van der Waals surface area contributed by atoms with E-state index >= 15 is 0 Å². The number of hydrogen-bond donors (Lipinski definition) is 2. The zero-order valence-electron chi connectivity index (χ0n) is 11.4. The number of nitrogens with zero attached hydrogens (tertiary/aromatic N) is 5. The molecule has 2 aromatic rings. The number of imidazole rings is 1. The van der Waals surface area contributed by atoms with Gasteiger partial charge >= 0.3 is 0 Å². The Bertz CT molecular complexity index is 630. The molecule has 2 heterocycles. The van der Waals surface area contributed by atoms with Crippen molar-refractivity contribution in [2.24, 2.45) is 10.9 Å². The molecule has 0 saturated heterocycles. The summed E-state index contributed by atoms with van der Waals surface area (Å²) in [6.07, 6.45) is 4.12. The highest BCUT2D eigenvalue weighted by Gasteiger charge is 2.17. The Morgan fingerprint density at radius 3 is 2.85 bits per heavy atom. The molecule has 0 unspecified atom stereocenters. The lowest BCUT2D eigenvalue weighted by atomic mass is 10.3. The molecule has 0 radical (unpaired) electrons. The van der Waals surface area contributed by atoms with E-state index in [0.717, 1.165) is 24.4 Å². The zero-order valence-corrected chi connectivity index (χ0v) is 12.2. The van der Waals surface area contributed by atoms with Crippen LogP contribution in [-0.4, -0.2) is 30.4 Å². The average molecular weight is 297 g/mol. The molecule has 0 saturated carbocycles. The van der Waals surface area contributed by atoms with Crippen molar-refractivity contribution >= 4 is 17.4 Å². The Balaban J connectivity index is 2.40. The molecule has 0 bridgehead atoms. The summed E-state index contributed by atoms with van der Waals surface area (Å²) in [5, 5.41) is 16.9. The van der Waals surface area contributed by atoms with Crippen LogP contribution in [0, 0.1) is 0 Å². The van der Waals surface area contributed by atoms with E-state index in [1.807, 2.05) is 18.5 Å². The first kappa shape index (κ1) is 14.4. The number of aryl methyl sites for hydroxylation is 2. The molecule has 0 fully saturated rings. The molecular formula is C12H17ClN6O. The minimum absolute atomic E-state index is 0.0376. The van der Waals surface area contributed by atoms with E-state index in [9.17, 15) is 0 Å². The molecule has 0 aliphatic rings. The topological polar surface area (TPSA) is 94.2 Å². The number of nitrogens with two attached hydrogens (primary N) is 1. The molecular weight excluding hydrogens is 280 g/mol. The second kappa shape index (κ2) is 5.96. The smallest absolute Gasteiger partial charge is 0.206 e. The predicted molar refractivity (Wildman–Crippen MR) is 76.1 cm³/mol. The maximum atomic E-state index is 8.76. The predicted octanol–water partition coefficient (Wildman–Crippen LogP) is 1.46. The summed E-state index contributed by atoms with van der Waals surface area (Å²) in [4.78, 5) is 4.07. The lowest BCUT2D eigenvalue weighted by Crippen LogP contribution is -2.20. The van der Waals surface area contributed by atoms with Crippen LogP contribution >= 0.6 is 11.6 Å². The van der Waals surface area contributed by atoms with Gasteiger partial charge in [0.15, 0.2) is 5.82 Å². The number of halogens is 1. The van der Waals surface area contributed by atoms with Gasteiger partial charge in [0.25, 0.3) is 0 Å². The zero-order chi connectivity index (χ0) is 14.7. The number of amidine groups is 1. The van der Waals surface area contributed by atoms with Crippen LogP contribution in [0.2, 0.25) is 5.02 Å². The number of hydrogen-bond acceptors (Lipinski definition) is 4. The Labute approximate surface area is 121 Å². The summed E-state index contributed by atoms with van der Waals surface area (Å²) in [5.41, 5.74) is 7.35. The summed E-state index contributed by atoms with van der Waals surface area (Å²) in [7, 11) is 0. The van der Waals surface area contributed by atoms with E-state index < -0.39 is 0 Å².